The number of aryl methyl sites for hydroxylation is 1. The van der Waals surface area contributed by atoms with Crippen LogP contribution in [0.1, 0.15) is 5.56 Å². The maximum absolute atomic E-state index is 13.3. The Morgan fingerprint density at radius 3 is 2.60 bits per heavy atom. The molecule has 25 heavy (non-hydrogen) atoms. The van der Waals surface area contributed by atoms with Crippen molar-refractivity contribution in [2.24, 2.45) is 7.05 Å². The topological polar surface area (TPSA) is 73.1 Å². The van der Waals surface area contributed by atoms with Gasteiger partial charge in [-0.1, -0.05) is 12.1 Å². The van der Waals surface area contributed by atoms with Crippen LogP contribution in [-0.4, -0.2) is 15.0 Å². The van der Waals surface area contributed by atoms with Crippen LogP contribution in [0.25, 0.3) is 10.9 Å². The lowest BCUT2D eigenvalue weighted by atomic mass is 10.2. The van der Waals surface area contributed by atoms with Crippen molar-refractivity contribution < 1.29 is 9.18 Å². The largest absolute Gasteiger partial charge is 0.331 e. The van der Waals surface area contributed by atoms with E-state index in [0.717, 1.165) is 4.57 Å². The van der Waals surface area contributed by atoms with Gasteiger partial charge in [-0.2, -0.15) is 0 Å². The summed E-state index contributed by atoms with van der Waals surface area (Å²) in [6, 6.07) is 10.8. The monoisotopic (exact) mass is 341 g/mol. The third kappa shape index (κ3) is 3.08. The van der Waals surface area contributed by atoms with E-state index in [0.29, 0.717) is 22.2 Å². The summed E-state index contributed by atoms with van der Waals surface area (Å²) in [6.45, 7) is 1.33. The van der Waals surface area contributed by atoms with Crippen LogP contribution in [0, 0.1) is 12.7 Å². The van der Waals surface area contributed by atoms with Gasteiger partial charge in [0.15, 0.2) is 0 Å². The number of rotatable bonds is 3. The number of aromatic nitrogens is 2. The first-order valence-corrected chi connectivity index (χ1v) is 7.63. The third-order valence-electron chi connectivity index (χ3n) is 3.99. The zero-order valence-corrected chi connectivity index (χ0v) is 13.7. The fourth-order valence-corrected chi connectivity index (χ4v) is 2.66. The number of carbonyl (C=O) groups excluding carboxylic acids is 1. The number of halogens is 1. The number of nitrogens with one attached hydrogen (secondary N) is 1. The SMILES string of the molecule is Cc1cc(NC(=O)Cn2c(=O)n(C)c(=O)c3ccccc32)ccc1F. The van der Waals surface area contributed by atoms with Crippen molar-refractivity contribution in [1.29, 1.82) is 0 Å². The standard InChI is InChI=1S/C18H16FN3O3/c1-11-9-12(7-8-14(11)19)20-16(23)10-22-15-6-4-3-5-13(15)17(24)21(2)18(22)25/h3-9H,10H2,1-2H3,(H,20,23). The quantitative estimate of drug-likeness (QED) is 0.789. The minimum Gasteiger partial charge on any atom is -0.325 e. The van der Waals surface area contributed by atoms with E-state index in [-0.39, 0.29) is 12.4 Å². The molecule has 1 heterocycles. The molecule has 0 saturated heterocycles. The third-order valence-corrected chi connectivity index (χ3v) is 3.99. The number of nitrogens with zero attached hydrogens (tertiary/aromatic N) is 2. The van der Waals surface area contributed by atoms with Crippen molar-refractivity contribution in [3.63, 3.8) is 0 Å². The predicted octanol–water partition coefficient (Wildman–Crippen LogP) is 1.79. The average Bonchev–Trinajstić information content (AvgIpc) is 2.60. The molecule has 1 aromatic heterocycles. The molecule has 2 aromatic carbocycles. The summed E-state index contributed by atoms with van der Waals surface area (Å²) in [5, 5.41) is 2.99. The average molecular weight is 341 g/mol. The Morgan fingerprint density at radius 2 is 1.88 bits per heavy atom. The molecule has 0 radical (unpaired) electrons. The van der Waals surface area contributed by atoms with Crippen molar-refractivity contribution in [3.8, 4) is 0 Å². The predicted molar refractivity (Wildman–Crippen MR) is 93.2 cm³/mol. The second kappa shape index (κ2) is 6.35. The molecule has 0 aliphatic rings. The Balaban J connectivity index is 1.97. The molecule has 0 spiro atoms. The van der Waals surface area contributed by atoms with Gasteiger partial charge in [0.2, 0.25) is 5.91 Å². The van der Waals surface area contributed by atoms with Crippen LogP contribution < -0.4 is 16.6 Å². The van der Waals surface area contributed by atoms with E-state index < -0.39 is 17.2 Å². The van der Waals surface area contributed by atoms with E-state index >= 15 is 0 Å². The minimum absolute atomic E-state index is 0.260. The summed E-state index contributed by atoms with van der Waals surface area (Å²) >= 11 is 0. The molecule has 0 fully saturated rings. The molecule has 0 aliphatic heterocycles. The molecule has 128 valence electrons. The number of hydrogen-bond donors (Lipinski definition) is 1. The molecule has 0 bridgehead atoms. The van der Waals surface area contributed by atoms with E-state index in [4.69, 9.17) is 0 Å². The summed E-state index contributed by atoms with van der Waals surface area (Å²) in [4.78, 5) is 36.9. The molecule has 0 aliphatic carbocycles. The van der Waals surface area contributed by atoms with Crippen LogP contribution >= 0.6 is 0 Å². The molecule has 0 atom stereocenters. The van der Waals surface area contributed by atoms with E-state index in [1.54, 1.807) is 31.2 Å². The number of hydrogen-bond acceptors (Lipinski definition) is 3. The van der Waals surface area contributed by atoms with Gasteiger partial charge in [0, 0.05) is 12.7 Å². The molecule has 7 heteroatoms. The molecule has 3 aromatic rings. The number of fused-ring (bicyclic) bond motifs is 1. The zero-order valence-electron chi connectivity index (χ0n) is 13.7. The number of anilines is 1. The fraction of sp³-hybridized carbons (Fsp3) is 0.167. The lowest BCUT2D eigenvalue weighted by Gasteiger charge is -2.12. The van der Waals surface area contributed by atoms with E-state index in [1.165, 1.54) is 29.8 Å². The van der Waals surface area contributed by atoms with Crippen LogP contribution in [0.3, 0.4) is 0 Å². The first-order valence-electron chi connectivity index (χ1n) is 7.63. The lowest BCUT2D eigenvalue weighted by molar-refractivity contribution is -0.116. The van der Waals surface area contributed by atoms with Gasteiger partial charge >= 0.3 is 5.69 Å². The number of benzene rings is 2. The van der Waals surface area contributed by atoms with Crippen molar-refractivity contribution in [2.45, 2.75) is 13.5 Å². The Hall–Kier alpha value is -3.22. The Bertz CT molecular complexity index is 1100. The van der Waals surface area contributed by atoms with E-state index in [9.17, 15) is 18.8 Å². The van der Waals surface area contributed by atoms with Crippen LogP contribution in [0.5, 0.6) is 0 Å². The van der Waals surface area contributed by atoms with Gasteiger partial charge < -0.3 is 5.32 Å². The summed E-state index contributed by atoms with van der Waals surface area (Å²) in [5.74, 6) is -0.810. The smallest absolute Gasteiger partial charge is 0.325 e. The molecule has 1 N–H and O–H groups in total. The maximum atomic E-state index is 13.3. The lowest BCUT2D eigenvalue weighted by Crippen LogP contribution is -2.40. The van der Waals surface area contributed by atoms with Gasteiger partial charge in [-0.25, -0.2) is 9.18 Å². The summed E-state index contributed by atoms with van der Waals surface area (Å²) in [6.07, 6.45) is 0. The van der Waals surface area contributed by atoms with Gasteiger partial charge in [0.05, 0.1) is 10.9 Å². The minimum atomic E-state index is -0.575. The van der Waals surface area contributed by atoms with Crippen molar-refractivity contribution in [2.75, 3.05) is 5.32 Å². The second-order valence-corrected chi connectivity index (χ2v) is 5.76. The zero-order chi connectivity index (χ0) is 18.1. The van der Waals surface area contributed by atoms with Gasteiger partial charge in [-0.3, -0.25) is 18.7 Å². The normalized spacial score (nSPS) is 10.8. The molecular weight excluding hydrogens is 325 g/mol. The van der Waals surface area contributed by atoms with Gasteiger partial charge in [-0.05, 0) is 42.8 Å². The summed E-state index contributed by atoms with van der Waals surface area (Å²) < 4.78 is 15.5. The number of carbonyl (C=O) groups is 1. The molecule has 0 unspecified atom stereocenters. The van der Waals surface area contributed by atoms with Crippen molar-refractivity contribution in [3.05, 3.63) is 74.7 Å². The highest BCUT2D eigenvalue weighted by molar-refractivity contribution is 5.91. The molecule has 3 rings (SSSR count). The fourth-order valence-electron chi connectivity index (χ4n) is 2.66. The molecule has 0 saturated carbocycles. The van der Waals surface area contributed by atoms with Crippen molar-refractivity contribution >= 4 is 22.5 Å². The van der Waals surface area contributed by atoms with Crippen LogP contribution in [0.4, 0.5) is 10.1 Å². The van der Waals surface area contributed by atoms with E-state index in [2.05, 4.69) is 5.32 Å². The highest BCUT2D eigenvalue weighted by atomic mass is 19.1. The maximum Gasteiger partial charge on any atom is 0.331 e. The molecule has 6 nitrogen and oxygen atoms in total. The van der Waals surface area contributed by atoms with Gasteiger partial charge in [0.1, 0.15) is 12.4 Å². The van der Waals surface area contributed by atoms with E-state index in [1.807, 2.05) is 0 Å². The first-order chi connectivity index (χ1) is 11.9. The molecular formula is C18H16FN3O3. The van der Waals surface area contributed by atoms with Crippen LogP contribution in [0.15, 0.2) is 52.1 Å². The van der Waals surface area contributed by atoms with Crippen LogP contribution in [-0.2, 0) is 18.4 Å². The van der Waals surface area contributed by atoms with Gasteiger partial charge in [0.25, 0.3) is 5.56 Å². The highest BCUT2D eigenvalue weighted by Gasteiger charge is 2.13. The van der Waals surface area contributed by atoms with Crippen LogP contribution in [0.2, 0.25) is 0 Å². The Kier molecular flexibility index (Phi) is 4.22. The Morgan fingerprint density at radius 1 is 1.16 bits per heavy atom. The number of amides is 1. The highest BCUT2D eigenvalue weighted by Crippen LogP contribution is 2.14. The number of para-hydroxylation sites is 1. The van der Waals surface area contributed by atoms with Gasteiger partial charge in [-0.15, -0.1) is 0 Å². The molecule has 1 amide bonds. The van der Waals surface area contributed by atoms with Crippen molar-refractivity contribution in [1.82, 2.24) is 9.13 Å². The second-order valence-electron chi connectivity index (χ2n) is 5.76. The first kappa shape index (κ1) is 16.6. The summed E-state index contributed by atoms with van der Waals surface area (Å²) in [7, 11) is 1.37. The summed E-state index contributed by atoms with van der Waals surface area (Å²) in [5.41, 5.74) is 0.246. The Labute approximate surface area is 142 Å².